The van der Waals surface area contributed by atoms with Crippen LogP contribution in [0.3, 0.4) is 0 Å². The van der Waals surface area contributed by atoms with Crippen LogP contribution in [0.4, 0.5) is 0 Å². The van der Waals surface area contributed by atoms with Crippen LogP contribution in [-0.4, -0.2) is 54.2 Å². The number of aromatic nitrogens is 2. The molecule has 0 radical (unpaired) electrons. The second-order valence-corrected chi connectivity index (χ2v) is 8.67. The highest BCUT2D eigenvalue weighted by Gasteiger charge is 2.30. The highest BCUT2D eigenvalue weighted by atomic mass is 32.2. The number of imidazole rings is 1. The lowest BCUT2D eigenvalue weighted by molar-refractivity contribution is 0.207. The fourth-order valence-electron chi connectivity index (χ4n) is 2.94. The van der Waals surface area contributed by atoms with Gasteiger partial charge in [0.2, 0.25) is 0 Å². The maximum atomic E-state index is 11.6. The lowest BCUT2D eigenvalue weighted by Gasteiger charge is -2.23. The summed E-state index contributed by atoms with van der Waals surface area (Å²) in [6, 6.07) is 7.74. The van der Waals surface area contributed by atoms with Crippen LogP contribution in [0.1, 0.15) is 6.42 Å². The number of rotatable bonds is 5. The maximum Gasteiger partial charge on any atom is 0.185 e. The first-order valence-electron chi connectivity index (χ1n) is 7.72. The zero-order valence-corrected chi connectivity index (χ0v) is 15.4. The molecule has 1 aliphatic rings. The van der Waals surface area contributed by atoms with Gasteiger partial charge in [-0.1, -0.05) is 0 Å². The molecule has 0 N–H and O–H groups in total. The Bertz CT molecular complexity index is 869. The van der Waals surface area contributed by atoms with E-state index in [0.717, 1.165) is 11.4 Å². The van der Waals surface area contributed by atoms with Crippen molar-refractivity contribution >= 4 is 22.1 Å². The Morgan fingerprint density at radius 3 is 2.58 bits per heavy atom. The Hall–Kier alpha value is -1.64. The monoisotopic (exact) mass is 367 g/mol. The molecule has 0 bridgehead atoms. The largest absolute Gasteiger partial charge is 0.497 e. The van der Waals surface area contributed by atoms with E-state index in [-0.39, 0.29) is 17.5 Å². The summed E-state index contributed by atoms with van der Waals surface area (Å²) in [7, 11) is 0.696. The van der Waals surface area contributed by atoms with Crippen molar-refractivity contribution in [2.24, 2.45) is 0 Å². The molecule has 2 aromatic rings. The van der Waals surface area contributed by atoms with Gasteiger partial charge in [0.05, 0.1) is 25.3 Å². The van der Waals surface area contributed by atoms with Crippen molar-refractivity contribution in [1.29, 1.82) is 0 Å². The average Bonchev–Trinajstić information content (AvgIpc) is 3.11. The molecule has 6 nitrogen and oxygen atoms in total. The van der Waals surface area contributed by atoms with E-state index in [0.29, 0.717) is 17.9 Å². The van der Waals surface area contributed by atoms with Crippen LogP contribution >= 0.6 is 12.2 Å². The maximum absolute atomic E-state index is 11.6. The number of methoxy groups -OCH3 is 1. The Labute approximate surface area is 147 Å². The zero-order valence-electron chi connectivity index (χ0n) is 13.8. The van der Waals surface area contributed by atoms with Crippen molar-refractivity contribution in [3.05, 3.63) is 41.4 Å². The van der Waals surface area contributed by atoms with Crippen LogP contribution < -0.4 is 4.74 Å². The van der Waals surface area contributed by atoms with E-state index in [1.54, 1.807) is 7.11 Å². The normalized spacial score (nSPS) is 19.7. The molecule has 3 rings (SSSR count). The number of nitrogens with zero attached hydrogens (tertiary/aromatic N) is 3. The minimum atomic E-state index is -2.88. The van der Waals surface area contributed by atoms with E-state index in [1.165, 1.54) is 0 Å². The van der Waals surface area contributed by atoms with Gasteiger partial charge in [-0.3, -0.25) is 9.47 Å². The molecule has 2 heterocycles. The molecule has 0 amide bonds. The van der Waals surface area contributed by atoms with Gasteiger partial charge in [0.25, 0.3) is 0 Å². The average molecular weight is 367 g/mol. The number of sulfone groups is 1. The van der Waals surface area contributed by atoms with E-state index >= 15 is 0 Å². The molecule has 0 aliphatic carbocycles. The van der Waals surface area contributed by atoms with Crippen LogP contribution in [-0.2, 0) is 16.5 Å². The first-order valence-corrected chi connectivity index (χ1v) is 9.95. The van der Waals surface area contributed by atoms with Gasteiger partial charge >= 0.3 is 0 Å². The molecular weight excluding hydrogens is 346 g/mol. The zero-order chi connectivity index (χ0) is 17.3. The van der Waals surface area contributed by atoms with Crippen LogP contribution in [0.15, 0.2) is 36.7 Å². The summed E-state index contributed by atoms with van der Waals surface area (Å²) in [6.45, 7) is 0.572. The Kier molecular flexibility index (Phi) is 4.80. The fraction of sp³-hybridized carbons (Fsp3) is 0.438. The molecule has 1 unspecified atom stereocenters. The molecule has 24 heavy (non-hydrogen) atoms. The smallest absolute Gasteiger partial charge is 0.185 e. The van der Waals surface area contributed by atoms with Crippen LogP contribution in [0.25, 0.3) is 5.69 Å². The second-order valence-electron chi connectivity index (χ2n) is 6.07. The lowest BCUT2D eigenvalue weighted by atomic mass is 10.2. The van der Waals surface area contributed by atoms with Crippen molar-refractivity contribution in [3.8, 4) is 11.4 Å². The molecule has 1 fully saturated rings. The van der Waals surface area contributed by atoms with Crippen molar-refractivity contribution in [2.75, 3.05) is 25.7 Å². The van der Waals surface area contributed by atoms with Gasteiger partial charge in [0, 0.05) is 24.1 Å². The van der Waals surface area contributed by atoms with E-state index in [2.05, 4.69) is 4.90 Å². The first-order chi connectivity index (χ1) is 11.4. The SMILES string of the molecule is COc1ccc(-n2ccn(CN(C)C3CCS(=O)(=O)C3)c2=S)cc1. The summed E-state index contributed by atoms with van der Waals surface area (Å²) in [5, 5.41) is 0. The third-order valence-electron chi connectivity index (χ3n) is 4.41. The summed E-state index contributed by atoms with van der Waals surface area (Å²) in [5.74, 6) is 1.31. The molecule has 1 aromatic heterocycles. The van der Waals surface area contributed by atoms with Crippen LogP contribution in [0, 0.1) is 4.77 Å². The van der Waals surface area contributed by atoms with Crippen molar-refractivity contribution in [3.63, 3.8) is 0 Å². The van der Waals surface area contributed by atoms with Crippen molar-refractivity contribution in [1.82, 2.24) is 14.0 Å². The first kappa shape index (κ1) is 17.2. The van der Waals surface area contributed by atoms with Crippen molar-refractivity contribution in [2.45, 2.75) is 19.1 Å². The standard InChI is InChI=1S/C16H21N3O3S2/c1-17(14-7-10-24(20,21)11-14)12-18-8-9-19(16(18)23)13-3-5-15(22-2)6-4-13/h3-6,8-9,14H,7,10-12H2,1-2H3. The topological polar surface area (TPSA) is 56.5 Å². The Morgan fingerprint density at radius 2 is 2.00 bits per heavy atom. The summed E-state index contributed by atoms with van der Waals surface area (Å²) in [5.41, 5.74) is 0.964. The molecule has 1 saturated heterocycles. The van der Waals surface area contributed by atoms with Gasteiger partial charge in [-0.25, -0.2) is 8.42 Å². The summed E-state index contributed by atoms with van der Waals surface area (Å²) >= 11 is 5.56. The van der Waals surface area contributed by atoms with Gasteiger partial charge in [-0.05, 0) is 50.0 Å². The molecular formula is C16H21N3O3S2. The summed E-state index contributed by atoms with van der Waals surface area (Å²) in [4.78, 5) is 2.05. The van der Waals surface area contributed by atoms with Gasteiger partial charge in [0.1, 0.15) is 5.75 Å². The fourth-order valence-corrected chi connectivity index (χ4v) is 5.03. The van der Waals surface area contributed by atoms with E-state index < -0.39 is 9.84 Å². The number of ether oxygens (including phenoxy) is 1. The van der Waals surface area contributed by atoms with Gasteiger partial charge in [-0.15, -0.1) is 0 Å². The summed E-state index contributed by atoms with van der Waals surface area (Å²) < 4.78 is 33.0. The van der Waals surface area contributed by atoms with Gasteiger partial charge in [-0.2, -0.15) is 0 Å². The predicted octanol–water partition coefficient (Wildman–Crippen LogP) is 2.09. The van der Waals surface area contributed by atoms with Crippen LogP contribution in [0.5, 0.6) is 5.75 Å². The number of hydrogen-bond donors (Lipinski definition) is 0. The Balaban J connectivity index is 1.76. The van der Waals surface area contributed by atoms with E-state index in [1.807, 2.05) is 52.8 Å². The highest BCUT2D eigenvalue weighted by molar-refractivity contribution is 7.91. The third kappa shape index (κ3) is 3.55. The molecule has 8 heteroatoms. The Morgan fingerprint density at radius 1 is 1.29 bits per heavy atom. The van der Waals surface area contributed by atoms with Crippen LogP contribution in [0.2, 0.25) is 0 Å². The number of hydrogen-bond acceptors (Lipinski definition) is 5. The van der Waals surface area contributed by atoms with E-state index in [4.69, 9.17) is 17.0 Å². The minimum absolute atomic E-state index is 0.0567. The van der Waals surface area contributed by atoms with E-state index in [9.17, 15) is 8.42 Å². The molecule has 1 atom stereocenters. The number of benzene rings is 1. The molecule has 1 aromatic carbocycles. The van der Waals surface area contributed by atoms with Gasteiger partial charge in [0.15, 0.2) is 14.6 Å². The summed E-state index contributed by atoms with van der Waals surface area (Å²) in [6.07, 6.45) is 4.53. The predicted molar refractivity (Wildman–Crippen MR) is 96.0 cm³/mol. The lowest BCUT2D eigenvalue weighted by Crippen LogP contribution is -2.34. The quantitative estimate of drug-likeness (QED) is 0.758. The second kappa shape index (κ2) is 6.70. The van der Waals surface area contributed by atoms with Gasteiger partial charge < -0.3 is 9.30 Å². The molecule has 0 saturated carbocycles. The van der Waals surface area contributed by atoms with Crippen molar-refractivity contribution < 1.29 is 13.2 Å². The molecule has 0 spiro atoms. The highest BCUT2D eigenvalue weighted by Crippen LogP contribution is 2.19. The minimum Gasteiger partial charge on any atom is -0.497 e. The third-order valence-corrected chi connectivity index (χ3v) is 6.59. The molecule has 1 aliphatic heterocycles. The molecule has 130 valence electrons.